The van der Waals surface area contributed by atoms with E-state index in [4.69, 9.17) is 11.6 Å². The van der Waals surface area contributed by atoms with Crippen LogP contribution >= 0.6 is 11.6 Å². The zero-order chi connectivity index (χ0) is 19.6. The highest BCUT2D eigenvalue weighted by atomic mass is 35.5. The topological polar surface area (TPSA) is 90.9 Å². The molecule has 3 N–H and O–H groups in total. The van der Waals surface area contributed by atoms with Crippen molar-refractivity contribution in [1.82, 2.24) is 15.0 Å². The molecule has 2 heterocycles. The summed E-state index contributed by atoms with van der Waals surface area (Å²) in [7, 11) is 0. The monoisotopic (exact) mass is 386 g/mol. The Morgan fingerprint density at radius 3 is 2.85 bits per heavy atom. The number of hydrogen-bond acceptors (Lipinski definition) is 5. The van der Waals surface area contributed by atoms with Gasteiger partial charge >= 0.3 is 0 Å². The van der Waals surface area contributed by atoms with Crippen molar-refractivity contribution < 1.29 is 9.90 Å². The first-order chi connectivity index (χ1) is 12.8. The van der Waals surface area contributed by atoms with Crippen molar-refractivity contribution in [2.45, 2.75) is 26.9 Å². The number of carbonyl (C=O) groups excluding carboxylic acids is 1. The second-order valence-corrected chi connectivity index (χ2v) is 7.81. The summed E-state index contributed by atoms with van der Waals surface area (Å²) in [5, 5.41) is 12.7. The lowest BCUT2D eigenvalue weighted by molar-refractivity contribution is 0.0860. The van der Waals surface area contributed by atoms with Gasteiger partial charge in [-0.2, -0.15) is 0 Å². The molecule has 2 aromatic heterocycles. The standard InChI is InChI=1S/C20H23ClN4O2/c1-20(2,3)18(27)15-10-23-19-17(15)25-16(11-24-19)12-5-4-6-13(7-12)22-9-14(26)8-21/h4-7,10-11,14,22,26H,8-9H2,1-3H3,(H,23,24). The Morgan fingerprint density at radius 1 is 1.37 bits per heavy atom. The minimum atomic E-state index is -0.614. The number of anilines is 1. The predicted octanol–water partition coefficient (Wildman–Crippen LogP) is 3.87. The van der Waals surface area contributed by atoms with Gasteiger partial charge < -0.3 is 15.4 Å². The van der Waals surface area contributed by atoms with E-state index in [9.17, 15) is 9.90 Å². The van der Waals surface area contributed by atoms with Gasteiger partial charge in [-0.05, 0) is 12.1 Å². The number of fused-ring (bicyclic) bond motifs is 1. The highest BCUT2D eigenvalue weighted by Gasteiger charge is 2.26. The number of aromatic amines is 1. The van der Waals surface area contributed by atoms with E-state index in [1.54, 1.807) is 12.4 Å². The maximum Gasteiger partial charge on any atom is 0.171 e. The number of ketones is 1. The molecule has 1 unspecified atom stereocenters. The minimum absolute atomic E-state index is 0.0191. The number of nitrogens with one attached hydrogen (secondary N) is 2. The molecule has 3 rings (SSSR count). The summed E-state index contributed by atoms with van der Waals surface area (Å²) < 4.78 is 0. The van der Waals surface area contributed by atoms with Gasteiger partial charge in [0.2, 0.25) is 0 Å². The van der Waals surface area contributed by atoms with E-state index in [1.807, 2.05) is 45.0 Å². The number of hydrogen-bond donors (Lipinski definition) is 3. The van der Waals surface area contributed by atoms with E-state index in [-0.39, 0.29) is 11.7 Å². The van der Waals surface area contributed by atoms with Gasteiger partial charge in [0.25, 0.3) is 0 Å². The van der Waals surface area contributed by atoms with Crippen LogP contribution < -0.4 is 5.32 Å². The summed E-state index contributed by atoms with van der Waals surface area (Å²) in [6, 6.07) is 7.65. The van der Waals surface area contributed by atoms with Crippen molar-refractivity contribution >= 4 is 34.2 Å². The fourth-order valence-corrected chi connectivity index (χ4v) is 2.80. The number of aromatic nitrogens is 3. The van der Waals surface area contributed by atoms with E-state index >= 15 is 0 Å². The molecule has 0 aliphatic carbocycles. The molecule has 0 radical (unpaired) electrons. The first-order valence-corrected chi connectivity index (χ1v) is 9.30. The van der Waals surface area contributed by atoms with Crippen LogP contribution in [0.3, 0.4) is 0 Å². The summed E-state index contributed by atoms with van der Waals surface area (Å²) in [5.74, 6) is 0.193. The first kappa shape index (κ1) is 19.3. The first-order valence-electron chi connectivity index (χ1n) is 8.77. The summed E-state index contributed by atoms with van der Waals surface area (Å²) in [4.78, 5) is 24.8. The van der Waals surface area contributed by atoms with Crippen molar-refractivity contribution in [2.75, 3.05) is 17.7 Å². The van der Waals surface area contributed by atoms with E-state index in [0.29, 0.717) is 29.0 Å². The van der Waals surface area contributed by atoms with Gasteiger partial charge in [-0.15, -0.1) is 11.6 Å². The highest BCUT2D eigenvalue weighted by Crippen LogP contribution is 2.27. The largest absolute Gasteiger partial charge is 0.390 e. The van der Waals surface area contributed by atoms with Gasteiger partial charge in [-0.3, -0.25) is 4.79 Å². The molecule has 0 saturated heterocycles. The molecule has 7 heteroatoms. The molecule has 0 aliphatic heterocycles. The molecule has 0 fully saturated rings. The second kappa shape index (κ2) is 7.66. The molecule has 1 aromatic carbocycles. The third kappa shape index (κ3) is 4.28. The van der Waals surface area contributed by atoms with E-state index in [0.717, 1.165) is 11.3 Å². The number of aliphatic hydroxyl groups excluding tert-OH is 1. The number of nitrogens with zero attached hydrogens (tertiary/aromatic N) is 2. The number of aliphatic hydroxyl groups is 1. The molecule has 0 bridgehead atoms. The normalized spacial score (nSPS) is 12.9. The van der Waals surface area contributed by atoms with Gasteiger partial charge in [0, 0.05) is 29.4 Å². The average Bonchev–Trinajstić information content (AvgIpc) is 3.07. The van der Waals surface area contributed by atoms with Crippen LogP contribution in [-0.4, -0.2) is 44.4 Å². The van der Waals surface area contributed by atoms with E-state index in [1.165, 1.54) is 0 Å². The molecule has 0 saturated carbocycles. The lowest BCUT2D eigenvalue weighted by Gasteiger charge is -2.15. The van der Waals surface area contributed by atoms with Crippen molar-refractivity contribution in [1.29, 1.82) is 0 Å². The zero-order valence-electron chi connectivity index (χ0n) is 15.6. The number of rotatable bonds is 6. The Kier molecular flexibility index (Phi) is 5.48. The quantitative estimate of drug-likeness (QED) is 0.442. The summed E-state index contributed by atoms with van der Waals surface area (Å²) in [6.07, 6.45) is 2.74. The summed E-state index contributed by atoms with van der Waals surface area (Å²) >= 11 is 5.62. The van der Waals surface area contributed by atoms with Crippen LogP contribution in [0.2, 0.25) is 0 Å². The van der Waals surface area contributed by atoms with Crippen LogP contribution in [0.5, 0.6) is 0 Å². The van der Waals surface area contributed by atoms with Crippen LogP contribution in [0, 0.1) is 5.41 Å². The van der Waals surface area contributed by atoms with Crippen LogP contribution in [-0.2, 0) is 0 Å². The van der Waals surface area contributed by atoms with E-state index in [2.05, 4.69) is 20.3 Å². The van der Waals surface area contributed by atoms with Crippen LogP contribution in [0.25, 0.3) is 22.4 Å². The number of H-pyrrole nitrogens is 1. The fourth-order valence-electron chi connectivity index (χ4n) is 2.69. The number of halogens is 1. The summed E-state index contributed by atoms with van der Waals surface area (Å²) in [5.41, 5.74) is 3.59. The lowest BCUT2D eigenvalue weighted by atomic mass is 9.87. The third-order valence-electron chi connectivity index (χ3n) is 4.18. The van der Waals surface area contributed by atoms with Crippen molar-refractivity contribution in [2.24, 2.45) is 5.41 Å². The van der Waals surface area contributed by atoms with E-state index < -0.39 is 11.5 Å². The Labute approximate surface area is 163 Å². The second-order valence-electron chi connectivity index (χ2n) is 7.50. The lowest BCUT2D eigenvalue weighted by Crippen LogP contribution is -2.20. The fraction of sp³-hybridized carbons (Fsp3) is 0.350. The maximum absolute atomic E-state index is 12.7. The SMILES string of the molecule is CC(C)(C)C(=O)c1c[nH]c2ncc(-c3cccc(NCC(O)CCl)c3)nc12. The highest BCUT2D eigenvalue weighted by molar-refractivity contribution is 6.18. The Bertz CT molecular complexity index is 962. The number of carbonyl (C=O) groups is 1. The Balaban J connectivity index is 1.94. The molecule has 0 spiro atoms. The Hall–Kier alpha value is -2.44. The van der Waals surface area contributed by atoms with Crippen LogP contribution in [0.15, 0.2) is 36.7 Å². The number of benzene rings is 1. The third-order valence-corrected chi connectivity index (χ3v) is 4.54. The van der Waals surface area contributed by atoms with Gasteiger partial charge in [-0.25, -0.2) is 9.97 Å². The van der Waals surface area contributed by atoms with Gasteiger partial charge in [0.15, 0.2) is 11.4 Å². The molecule has 0 amide bonds. The summed E-state index contributed by atoms with van der Waals surface area (Å²) in [6.45, 7) is 6.02. The van der Waals surface area contributed by atoms with Crippen LogP contribution in [0.1, 0.15) is 31.1 Å². The molecular formula is C20H23ClN4O2. The molecule has 3 aromatic rings. The minimum Gasteiger partial charge on any atom is -0.390 e. The Morgan fingerprint density at radius 2 is 2.15 bits per heavy atom. The maximum atomic E-state index is 12.7. The predicted molar refractivity (Wildman–Crippen MR) is 108 cm³/mol. The molecule has 0 aliphatic rings. The van der Waals surface area contributed by atoms with Crippen molar-refractivity contribution in [3.05, 3.63) is 42.2 Å². The van der Waals surface area contributed by atoms with Gasteiger partial charge in [0.05, 0.1) is 29.4 Å². The molecule has 1 atom stereocenters. The zero-order valence-corrected chi connectivity index (χ0v) is 16.3. The number of Topliss-reactive ketones (excluding diaryl/α,β-unsaturated/α-hetero) is 1. The van der Waals surface area contributed by atoms with Crippen molar-refractivity contribution in [3.8, 4) is 11.3 Å². The van der Waals surface area contributed by atoms with Crippen molar-refractivity contribution in [3.63, 3.8) is 0 Å². The van der Waals surface area contributed by atoms with Crippen LogP contribution in [0.4, 0.5) is 5.69 Å². The molecule has 142 valence electrons. The molecular weight excluding hydrogens is 364 g/mol. The number of alkyl halides is 1. The molecule has 27 heavy (non-hydrogen) atoms. The molecule has 6 nitrogen and oxygen atoms in total. The smallest absolute Gasteiger partial charge is 0.171 e. The average molecular weight is 387 g/mol. The van der Waals surface area contributed by atoms with Gasteiger partial charge in [0.1, 0.15) is 5.52 Å². The van der Waals surface area contributed by atoms with Gasteiger partial charge in [-0.1, -0.05) is 32.9 Å².